The first-order chi connectivity index (χ1) is 48.1. The summed E-state index contributed by atoms with van der Waals surface area (Å²) in [4.78, 5) is 182. The molecular weight excluding hydrogens is 1390 g/mol. The monoisotopic (exact) mass is 1480 g/mol. The average Bonchev–Trinajstić information content (AvgIpc) is 0.893. The van der Waals surface area contributed by atoms with E-state index in [4.69, 9.17) is 39.7 Å². The SMILES string of the molecule is CC(C)CC(NC(=O)OCCCCO[N+](=O)[O-])C(=O)O.CC(C)CC(NC(=O)OCCCO[N+](=O)[O-])C(=O)O.CC(C)CC(NC(=O)Oc1cccc(CCCO[N+](=O)[O-])c1)C(=O)O.CC(C)CC(NC(=O)Oc1cccc(CCO[N+](=O)[O-])c1)C(=O)O.CC(NC(=O)CCCO[N+](=O)[O-])C(=O)O. The van der Waals surface area contributed by atoms with E-state index in [1.807, 2.05) is 55.4 Å². The Kier molecular flexibility index (Phi) is 52.1. The first kappa shape index (κ1) is 95.5. The van der Waals surface area contributed by atoms with Crippen molar-refractivity contribution in [3.05, 3.63) is 110 Å². The van der Waals surface area contributed by atoms with Crippen LogP contribution in [0.25, 0.3) is 0 Å². The second-order valence-corrected chi connectivity index (χ2v) is 22.9. The van der Waals surface area contributed by atoms with Gasteiger partial charge in [-0.2, -0.15) is 0 Å². The van der Waals surface area contributed by atoms with E-state index < -0.39 is 116 Å². The van der Waals surface area contributed by atoms with Crippen molar-refractivity contribution < 1.29 is 142 Å². The lowest BCUT2D eigenvalue weighted by atomic mass is 10.0. The summed E-state index contributed by atoms with van der Waals surface area (Å²) in [6.07, 6.45) is 0.0483. The third-order valence-electron chi connectivity index (χ3n) is 12.0. The van der Waals surface area contributed by atoms with Crippen molar-refractivity contribution in [3.8, 4) is 11.5 Å². The zero-order chi connectivity index (χ0) is 79.2. The lowest BCUT2D eigenvalue weighted by Crippen LogP contribution is -2.43. The standard InChI is InChI=1S/C16H22N2O7.C15H20N2O7.C11H20N2O7.C10H18N2O7.C7H12N2O6/c1-11(2)9-14(15(19)20)17-16(21)25-13-7-3-5-12(10-13)6-4-8-24-18(22)23;1-10(2)8-13(14(18)19)16-15(20)24-12-5-3-4-11(9-12)6-7-23-17(21)22;1-8(2)7-9(10(14)15)12-11(16)19-5-3-4-6-20-13(17)18;1-7(2)6-8(9(13)14)11-10(15)18-4-3-5-19-12(16)17;1-5(7(11)12)8-6(10)3-2-4-15-9(13)14/h3,5,7,10-11,14H,4,6,8-9H2,1-2H3,(H,17,21)(H,19,20);3-5,9-10,13H,6-8H2,1-2H3,(H,16,20)(H,18,19);8-9H,3-7H2,1-2H3,(H,12,16)(H,14,15);7-8H,3-6H2,1-2H3,(H,11,15)(H,13,14);5H,2-4H2,1H3,(H,8,10)(H,11,12). The minimum atomic E-state index is -1.14. The average molecular weight is 1490 g/mol. The molecule has 103 heavy (non-hydrogen) atoms. The van der Waals surface area contributed by atoms with Gasteiger partial charge in [-0.25, -0.2) is 38.4 Å². The smallest absolute Gasteiger partial charge is 0.413 e. The third kappa shape index (κ3) is 59.0. The quantitative estimate of drug-likeness (QED) is 0.0206. The molecule has 2 aromatic carbocycles. The van der Waals surface area contributed by atoms with Crippen molar-refractivity contribution in [3.63, 3.8) is 0 Å². The lowest BCUT2D eigenvalue weighted by molar-refractivity contribution is -0.757. The molecule has 0 aliphatic carbocycles. The Balaban J connectivity index is -0.00000123. The van der Waals surface area contributed by atoms with Gasteiger partial charge in [0.1, 0.15) is 48.3 Å². The van der Waals surface area contributed by atoms with Crippen LogP contribution in [0.15, 0.2) is 48.5 Å². The molecule has 0 aliphatic rings. The summed E-state index contributed by atoms with van der Waals surface area (Å²) in [6.45, 7) is 15.5. The minimum Gasteiger partial charge on any atom is -0.480 e. The van der Waals surface area contributed by atoms with Gasteiger partial charge in [-0.15, -0.1) is 50.6 Å². The van der Waals surface area contributed by atoms with Crippen LogP contribution in [0.2, 0.25) is 0 Å². The predicted molar refractivity (Wildman–Crippen MR) is 349 cm³/mol. The van der Waals surface area contributed by atoms with Gasteiger partial charge in [0.15, 0.2) is 0 Å². The van der Waals surface area contributed by atoms with E-state index in [9.17, 15) is 98.5 Å². The zero-order valence-electron chi connectivity index (χ0n) is 58.1. The van der Waals surface area contributed by atoms with Crippen molar-refractivity contribution in [1.82, 2.24) is 26.6 Å². The normalized spacial score (nSPS) is 11.7. The number of rotatable bonds is 45. The highest BCUT2D eigenvalue weighted by Crippen LogP contribution is 2.17. The van der Waals surface area contributed by atoms with Gasteiger partial charge in [0, 0.05) is 12.8 Å². The predicted octanol–water partition coefficient (Wildman–Crippen LogP) is 6.02. The largest absolute Gasteiger partial charge is 0.480 e. The summed E-state index contributed by atoms with van der Waals surface area (Å²) in [7, 11) is 0. The number of amides is 5. The molecule has 5 unspecified atom stereocenters. The number of aliphatic carboxylic acids is 5. The summed E-state index contributed by atoms with van der Waals surface area (Å²) >= 11 is 0. The summed E-state index contributed by atoms with van der Waals surface area (Å²) < 4.78 is 19.6. The van der Waals surface area contributed by atoms with E-state index in [0.717, 1.165) is 5.56 Å². The van der Waals surface area contributed by atoms with Crippen molar-refractivity contribution >= 4 is 60.1 Å². The Labute approximate surface area is 588 Å². The molecular formula is C59H92N10O34. The Morgan fingerprint density at radius 1 is 0.369 bits per heavy atom. The van der Waals surface area contributed by atoms with E-state index >= 15 is 0 Å². The maximum absolute atomic E-state index is 11.9. The van der Waals surface area contributed by atoms with E-state index in [0.29, 0.717) is 44.1 Å². The fraction of sp³-hybridized carbons (Fsp3) is 0.627. The molecule has 44 heteroatoms. The van der Waals surface area contributed by atoms with E-state index in [1.165, 1.54) is 19.1 Å². The van der Waals surface area contributed by atoms with Gasteiger partial charge in [-0.1, -0.05) is 79.7 Å². The number of ether oxygens (including phenoxy) is 4. The number of carboxylic acid groups (broad SMARTS) is 5. The molecule has 0 spiro atoms. The van der Waals surface area contributed by atoms with Crippen molar-refractivity contribution in [2.75, 3.05) is 46.2 Å². The lowest BCUT2D eigenvalue weighted by Gasteiger charge is -2.16. The highest BCUT2D eigenvalue weighted by Gasteiger charge is 2.26. The van der Waals surface area contributed by atoms with E-state index in [-0.39, 0.29) is 120 Å². The molecule has 5 amide bonds. The number of carbonyl (C=O) groups excluding carboxylic acids is 5. The molecule has 0 radical (unpaired) electrons. The highest BCUT2D eigenvalue weighted by molar-refractivity contribution is 5.84. The van der Waals surface area contributed by atoms with Gasteiger partial charge in [-0.3, -0.25) is 9.59 Å². The summed E-state index contributed by atoms with van der Waals surface area (Å²) in [6, 6.07) is 8.00. The molecule has 0 aromatic heterocycles. The number of hydrogen-bond donors (Lipinski definition) is 10. The second kappa shape index (κ2) is 56.1. The molecule has 0 saturated heterocycles. The number of nitrogens with one attached hydrogen (secondary N) is 5. The van der Waals surface area contributed by atoms with Crippen molar-refractivity contribution in [2.45, 2.75) is 170 Å². The molecule has 0 bridgehead atoms. The molecule has 0 fully saturated rings. The highest BCUT2D eigenvalue weighted by atomic mass is 17.0. The molecule has 44 nitrogen and oxygen atoms in total. The van der Waals surface area contributed by atoms with Gasteiger partial charge in [0.25, 0.3) is 25.4 Å². The van der Waals surface area contributed by atoms with Gasteiger partial charge in [0.05, 0.1) is 39.6 Å². The Bertz CT molecular complexity index is 2970. The first-order valence-electron chi connectivity index (χ1n) is 31.4. The van der Waals surface area contributed by atoms with Crippen LogP contribution in [0.5, 0.6) is 11.5 Å². The van der Waals surface area contributed by atoms with Gasteiger partial charge in [-0.05, 0) is 130 Å². The number of benzene rings is 2. The van der Waals surface area contributed by atoms with Gasteiger partial charge >= 0.3 is 54.2 Å². The number of unbranched alkanes of at least 4 members (excludes halogenated alkanes) is 1. The number of carbonyl (C=O) groups is 10. The molecule has 0 heterocycles. The molecule has 2 rings (SSSR count). The zero-order valence-corrected chi connectivity index (χ0v) is 58.1. The molecule has 0 saturated carbocycles. The Hall–Kier alpha value is -11.7. The van der Waals surface area contributed by atoms with Crippen LogP contribution < -0.4 is 36.1 Å². The second-order valence-electron chi connectivity index (χ2n) is 22.9. The molecule has 0 aliphatic heterocycles. The van der Waals surface area contributed by atoms with E-state index in [1.54, 1.807) is 36.4 Å². The summed E-state index contributed by atoms with van der Waals surface area (Å²) in [5.41, 5.74) is 1.49. The van der Waals surface area contributed by atoms with Crippen LogP contribution in [0, 0.1) is 74.2 Å². The maximum atomic E-state index is 11.9. The number of nitrogens with zero attached hydrogens (tertiary/aromatic N) is 5. The maximum Gasteiger partial charge on any atom is 0.413 e. The summed E-state index contributed by atoms with van der Waals surface area (Å²) in [5, 5.41) is 101. The topological polar surface area (TPSA) is 631 Å². The van der Waals surface area contributed by atoms with Crippen LogP contribution in [0.3, 0.4) is 0 Å². The van der Waals surface area contributed by atoms with Crippen molar-refractivity contribution in [1.29, 1.82) is 0 Å². The van der Waals surface area contributed by atoms with Gasteiger partial charge in [0.2, 0.25) is 5.91 Å². The number of hydrogen-bond acceptors (Lipinski definition) is 29. The fourth-order valence-electron chi connectivity index (χ4n) is 7.50. The minimum absolute atomic E-state index is 0.00847. The fourth-order valence-corrected chi connectivity index (χ4v) is 7.50. The van der Waals surface area contributed by atoms with Crippen LogP contribution in [-0.2, 0) is 75.3 Å². The van der Waals surface area contributed by atoms with Crippen molar-refractivity contribution in [2.24, 2.45) is 23.7 Å². The first-order valence-corrected chi connectivity index (χ1v) is 31.4. The molecule has 10 N–H and O–H groups in total. The molecule has 2 aromatic rings. The Morgan fingerprint density at radius 2 is 0.670 bits per heavy atom. The van der Waals surface area contributed by atoms with E-state index in [2.05, 4.69) is 55.5 Å². The number of aryl methyl sites for hydroxylation is 1. The summed E-state index contributed by atoms with van der Waals surface area (Å²) in [5.74, 6) is -5.22. The van der Waals surface area contributed by atoms with Gasteiger partial charge < -0.3 is 95.3 Å². The Morgan fingerprint density at radius 3 is 1.01 bits per heavy atom. The number of carboxylic acids is 5. The molecule has 582 valence electrons. The third-order valence-corrected chi connectivity index (χ3v) is 12.0. The van der Waals surface area contributed by atoms with Crippen LogP contribution in [0.4, 0.5) is 19.2 Å². The molecule has 5 atom stereocenters. The van der Waals surface area contributed by atoms with Crippen LogP contribution in [0.1, 0.15) is 138 Å². The van der Waals surface area contributed by atoms with Crippen LogP contribution in [-0.4, -0.2) is 188 Å². The van der Waals surface area contributed by atoms with Crippen LogP contribution >= 0.6 is 0 Å². The number of alkyl carbamates (subject to hydrolysis) is 2.